The van der Waals surface area contributed by atoms with Gasteiger partial charge in [0.2, 0.25) is 5.24 Å². The van der Waals surface area contributed by atoms with Crippen LogP contribution in [0.2, 0.25) is 0 Å². The van der Waals surface area contributed by atoms with Crippen LogP contribution >= 0.6 is 11.6 Å². The summed E-state index contributed by atoms with van der Waals surface area (Å²) in [6.45, 7) is 19.6. The summed E-state index contributed by atoms with van der Waals surface area (Å²) in [7, 11) is 0. The maximum absolute atomic E-state index is 13.1. The maximum Gasteiger partial charge on any atom is 0.302 e. The van der Waals surface area contributed by atoms with Crippen LogP contribution in [0.5, 0.6) is 0 Å². The van der Waals surface area contributed by atoms with Crippen LogP contribution in [-0.2, 0) is 23.9 Å². The Labute approximate surface area is 246 Å². The Bertz CT molecular complexity index is 1100. The number of ether oxygens (including phenoxy) is 2. The van der Waals surface area contributed by atoms with Gasteiger partial charge in [-0.1, -0.05) is 39.8 Å². The molecule has 0 saturated heterocycles. The van der Waals surface area contributed by atoms with Gasteiger partial charge in [-0.2, -0.15) is 0 Å². The first kappa shape index (κ1) is 30.1. The number of esters is 2. The third-order valence-corrected chi connectivity index (χ3v) is 14.5. The van der Waals surface area contributed by atoms with E-state index >= 15 is 0 Å². The van der Waals surface area contributed by atoms with Gasteiger partial charge in [0.15, 0.2) is 0 Å². The molecular weight excluding hydrogens is 524 g/mol. The molecule has 5 aliphatic carbocycles. The predicted molar refractivity (Wildman–Crippen MR) is 156 cm³/mol. The minimum atomic E-state index is -0.424. The molecule has 4 unspecified atom stereocenters. The first-order valence-corrected chi connectivity index (χ1v) is 16.1. The van der Waals surface area contributed by atoms with Crippen LogP contribution in [0.3, 0.4) is 0 Å². The lowest BCUT2D eigenvalue weighted by atomic mass is 9.32. The molecule has 5 fully saturated rings. The molecule has 0 N–H and O–H groups in total. The monoisotopic (exact) mass is 574 g/mol. The van der Waals surface area contributed by atoms with E-state index in [1.165, 1.54) is 19.4 Å². The lowest BCUT2D eigenvalue weighted by Crippen LogP contribution is -2.68. The molecule has 5 aliphatic rings. The van der Waals surface area contributed by atoms with Crippen LogP contribution in [0, 0.1) is 56.7 Å². The molecule has 40 heavy (non-hydrogen) atoms. The van der Waals surface area contributed by atoms with Gasteiger partial charge in [0, 0.05) is 24.7 Å². The molecule has 0 spiro atoms. The van der Waals surface area contributed by atoms with Crippen molar-refractivity contribution >= 4 is 28.8 Å². The first-order valence-electron chi connectivity index (χ1n) is 15.7. The van der Waals surface area contributed by atoms with Gasteiger partial charge >= 0.3 is 11.9 Å². The van der Waals surface area contributed by atoms with Crippen LogP contribution in [0.25, 0.3) is 0 Å². The molecule has 5 nitrogen and oxygen atoms in total. The molecule has 6 heteroatoms. The third-order valence-electron chi connectivity index (χ3n) is 14.1. The predicted octanol–water partition coefficient (Wildman–Crippen LogP) is 7.88. The average Bonchev–Trinajstić information content (AvgIpc) is 3.26. The second-order valence-corrected chi connectivity index (χ2v) is 15.9. The fraction of sp³-hybridized carbons (Fsp3) is 0.853. The van der Waals surface area contributed by atoms with Crippen molar-refractivity contribution in [2.75, 3.05) is 6.61 Å². The first-order chi connectivity index (χ1) is 18.6. The van der Waals surface area contributed by atoms with Crippen molar-refractivity contribution in [3.63, 3.8) is 0 Å². The second kappa shape index (κ2) is 9.85. The van der Waals surface area contributed by atoms with Crippen molar-refractivity contribution in [2.45, 2.75) is 119 Å². The molecule has 0 aromatic carbocycles. The number of fused-ring (bicyclic) bond motifs is 7. The highest BCUT2D eigenvalue weighted by molar-refractivity contribution is 6.64. The van der Waals surface area contributed by atoms with Crippen molar-refractivity contribution in [3.05, 3.63) is 12.2 Å². The number of hydrogen-bond donors (Lipinski definition) is 0. The Balaban J connectivity index is 1.53. The van der Waals surface area contributed by atoms with E-state index in [0.29, 0.717) is 17.8 Å². The van der Waals surface area contributed by atoms with Crippen molar-refractivity contribution in [1.29, 1.82) is 0 Å². The second-order valence-electron chi connectivity index (χ2n) is 15.5. The molecule has 0 aromatic heterocycles. The Morgan fingerprint density at radius 1 is 0.800 bits per heavy atom. The molecule has 0 amide bonds. The normalized spacial score (nSPS) is 49.5. The van der Waals surface area contributed by atoms with Gasteiger partial charge in [0.1, 0.15) is 12.7 Å². The highest BCUT2D eigenvalue weighted by Crippen LogP contribution is 2.77. The quantitative estimate of drug-likeness (QED) is 0.190. The van der Waals surface area contributed by atoms with Crippen molar-refractivity contribution < 1.29 is 23.9 Å². The van der Waals surface area contributed by atoms with E-state index in [-0.39, 0.29) is 58.0 Å². The number of rotatable bonds is 5. The minimum absolute atomic E-state index is 0.0484. The summed E-state index contributed by atoms with van der Waals surface area (Å²) in [6, 6.07) is 0. The maximum atomic E-state index is 13.1. The zero-order valence-electron chi connectivity index (χ0n) is 25.9. The number of carbonyl (C=O) groups is 3. The summed E-state index contributed by atoms with van der Waals surface area (Å²) in [5.41, 5.74) is 0.675. The molecule has 5 rings (SSSR count). The average molecular weight is 575 g/mol. The zero-order chi connectivity index (χ0) is 29.5. The van der Waals surface area contributed by atoms with Crippen LogP contribution in [0.4, 0.5) is 0 Å². The molecular formula is C34H51ClO5. The Hall–Kier alpha value is -1.36. The lowest BCUT2D eigenvalue weighted by molar-refractivity contribution is -0.255. The molecule has 11 atom stereocenters. The molecule has 5 saturated carbocycles. The van der Waals surface area contributed by atoms with Crippen LogP contribution < -0.4 is 0 Å². The fourth-order valence-corrected chi connectivity index (χ4v) is 12.4. The number of hydrogen-bond acceptors (Lipinski definition) is 5. The van der Waals surface area contributed by atoms with Crippen molar-refractivity contribution in [1.82, 2.24) is 0 Å². The molecule has 0 heterocycles. The van der Waals surface area contributed by atoms with E-state index < -0.39 is 10.8 Å². The molecule has 0 aliphatic heterocycles. The Kier molecular flexibility index (Phi) is 7.41. The molecule has 0 aromatic rings. The summed E-state index contributed by atoms with van der Waals surface area (Å²) >= 11 is 6.47. The molecule has 0 radical (unpaired) electrons. The summed E-state index contributed by atoms with van der Waals surface area (Å²) in [6.07, 6.45) is 9.78. The van der Waals surface area contributed by atoms with Crippen LogP contribution in [0.1, 0.15) is 113 Å². The van der Waals surface area contributed by atoms with Crippen molar-refractivity contribution in [3.8, 4) is 0 Å². The number of halogens is 1. The SMILES string of the molecule is C=C(C)[C@@H]1CC[C@]2(C(=O)Cl)CC[C@]3(C)C(CCC4[C@@]5(C)CC[C@H](OC(C)=O)[C@@](C)(COC(C)=O)C5CC[C@]43C)C12. The van der Waals surface area contributed by atoms with Gasteiger partial charge in [0.25, 0.3) is 0 Å². The van der Waals surface area contributed by atoms with Gasteiger partial charge in [-0.05, 0) is 129 Å². The van der Waals surface area contributed by atoms with Gasteiger partial charge < -0.3 is 9.47 Å². The molecule has 0 bridgehead atoms. The van der Waals surface area contributed by atoms with Gasteiger partial charge in [-0.25, -0.2) is 0 Å². The summed E-state index contributed by atoms with van der Waals surface area (Å²) in [5.74, 6) is 1.36. The van der Waals surface area contributed by atoms with E-state index in [4.69, 9.17) is 21.1 Å². The zero-order valence-corrected chi connectivity index (χ0v) is 26.6. The summed E-state index contributed by atoms with van der Waals surface area (Å²) < 4.78 is 11.6. The standard InChI is InChI=1S/C34H51ClO5/c1-20(2)23-11-16-34(29(35)38)18-17-32(7)24(28(23)34)9-10-26-30(5)14-13-27(40-22(4)37)31(6,19-39-21(3)36)25(30)12-15-33(26,32)8/h23-28H,1,9-19H2,2-8H3/t23-,24?,25?,26?,27-,28?,30-,31-,32+,33+,34-/m0/s1. The number of carbonyl (C=O) groups excluding carboxylic acids is 3. The van der Waals surface area contributed by atoms with E-state index in [1.807, 2.05) is 0 Å². The van der Waals surface area contributed by atoms with E-state index in [0.717, 1.165) is 64.2 Å². The lowest BCUT2D eigenvalue weighted by Gasteiger charge is -2.72. The minimum Gasteiger partial charge on any atom is -0.465 e. The Morgan fingerprint density at radius 3 is 2.10 bits per heavy atom. The smallest absolute Gasteiger partial charge is 0.302 e. The molecule has 224 valence electrons. The van der Waals surface area contributed by atoms with Gasteiger partial charge in [-0.15, -0.1) is 0 Å². The van der Waals surface area contributed by atoms with Gasteiger partial charge in [0.05, 0.1) is 0 Å². The van der Waals surface area contributed by atoms with Crippen LogP contribution in [-0.4, -0.2) is 29.9 Å². The summed E-state index contributed by atoms with van der Waals surface area (Å²) in [5, 5.41) is -0.115. The fourth-order valence-electron chi connectivity index (χ4n) is 12.1. The topological polar surface area (TPSA) is 69.7 Å². The van der Waals surface area contributed by atoms with E-state index in [1.54, 1.807) is 0 Å². The highest BCUT2D eigenvalue weighted by Gasteiger charge is 2.72. The largest absolute Gasteiger partial charge is 0.465 e. The van der Waals surface area contributed by atoms with Gasteiger partial charge in [-0.3, -0.25) is 14.4 Å². The third kappa shape index (κ3) is 4.02. The summed E-state index contributed by atoms with van der Waals surface area (Å²) in [4.78, 5) is 37.2. The number of allylic oxidation sites excluding steroid dienone is 1. The Morgan fingerprint density at radius 2 is 1.50 bits per heavy atom. The van der Waals surface area contributed by atoms with E-state index in [9.17, 15) is 14.4 Å². The van der Waals surface area contributed by atoms with Crippen LogP contribution in [0.15, 0.2) is 12.2 Å². The van der Waals surface area contributed by atoms with Crippen molar-refractivity contribution in [2.24, 2.45) is 56.7 Å². The highest BCUT2D eigenvalue weighted by atomic mass is 35.5. The van der Waals surface area contributed by atoms with E-state index in [2.05, 4.69) is 41.2 Å².